The molecule has 8 heteroatoms. The van der Waals surface area contributed by atoms with E-state index in [9.17, 15) is 0 Å². The van der Waals surface area contributed by atoms with E-state index in [1.807, 2.05) is 36.7 Å². The third-order valence-electron chi connectivity index (χ3n) is 5.46. The van der Waals surface area contributed by atoms with Crippen LogP contribution in [-0.2, 0) is 13.0 Å². The van der Waals surface area contributed by atoms with E-state index in [-0.39, 0.29) is 5.41 Å². The average molecular weight is 460 g/mol. The second-order valence-corrected chi connectivity index (χ2v) is 9.62. The fraction of sp³-hybridized carbons (Fsp3) is 0.423. The topological polar surface area (TPSA) is 90.6 Å². The summed E-state index contributed by atoms with van der Waals surface area (Å²) in [6.07, 6.45) is 4.18. The molecule has 1 aromatic carbocycles. The minimum Gasteiger partial charge on any atom is -0.494 e. The van der Waals surface area contributed by atoms with Crippen molar-refractivity contribution in [3.05, 3.63) is 53.9 Å². The number of fused-ring (bicyclic) bond motifs is 1. The summed E-state index contributed by atoms with van der Waals surface area (Å²) in [5.74, 6) is 3.16. The Labute approximate surface area is 200 Å². The van der Waals surface area contributed by atoms with Crippen molar-refractivity contribution in [2.75, 3.05) is 18.5 Å². The van der Waals surface area contributed by atoms with Crippen molar-refractivity contribution in [3.63, 3.8) is 0 Å². The third-order valence-corrected chi connectivity index (χ3v) is 5.46. The normalized spacial score (nSPS) is 11.7. The average Bonchev–Trinajstić information content (AvgIpc) is 3.27. The van der Waals surface area contributed by atoms with Gasteiger partial charge < -0.3 is 14.6 Å². The van der Waals surface area contributed by atoms with E-state index in [1.165, 1.54) is 0 Å². The first kappa shape index (κ1) is 23.6. The summed E-state index contributed by atoms with van der Waals surface area (Å²) >= 11 is 0. The van der Waals surface area contributed by atoms with Gasteiger partial charge in [0.2, 0.25) is 0 Å². The molecule has 1 N–H and O–H groups in total. The molecule has 4 aromatic rings. The highest BCUT2D eigenvalue weighted by molar-refractivity contribution is 5.88. The van der Waals surface area contributed by atoms with Gasteiger partial charge in [0.1, 0.15) is 23.4 Å². The molecule has 0 saturated carbocycles. The van der Waals surface area contributed by atoms with E-state index in [0.717, 1.165) is 64.0 Å². The van der Waals surface area contributed by atoms with Crippen LogP contribution in [0.4, 0.5) is 5.82 Å². The molecular weight excluding hydrogens is 426 g/mol. The first-order chi connectivity index (χ1) is 16.3. The Kier molecular flexibility index (Phi) is 6.77. The van der Waals surface area contributed by atoms with Gasteiger partial charge in [0, 0.05) is 47.9 Å². The number of ether oxygens (including phenoxy) is 1. The number of anilines is 1. The smallest absolute Gasteiger partial charge is 0.163 e. The van der Waals surface area contributed by atoms with Gasteiger partial charge in [0.05, 0.1) is 6.61 Å². The van der Waals surface area contributed by atoms with Crippen LogP contribution in [0.5, 0.6) is 5.75 Å². The van der Waals surface area contributed by atoms with Gasteiger partial charge in [0.15, 0.2) is 11.6 Å². The zero-order valence-electron chi connectivity index (χ0n) is 20.9. The number of hydrogen-bond acceptors (Lipinski definition) is 7. The highest BCUT2D eigenvalue weighted by Gasteiger charge is 2.15. The van der Waals surface area contributed by atoms with Crippen molar-refractivity contribution in [3.8, 4) is 17.1 Å². The van der Waals surface area contributed by atoms with Gasteiger partial charge in [0.25, 0.3) is 0 Å². The van der Waals surface area contributed by atoms with Gasteiger partial charge in [-0.1, -0.05) is 32.9 Å². The molecule has 3 heterocycles. The predicted octanol–water partition coefficient (Wildman–Crippen LogP) is 5.06. The van der Waals surface area contributed by atoms with Crippen molar-refractivity contribution in [1.29, 1.82) is 0 Å². The number of rotatable bonds is 8. The van der Waals surface area contributed by atoms with E-state index in [4.69, 9.17) is 14.7 Å². The van der Waals surface area contributed by atoms with Crippen LogP contribution in [0, 0.1) is 12.3 Å². The van der Waals surface area contributed by atoms with Crippen molar-refractivity contribution in [1.82, 2.24) is 29.7 Å². The molecule has 0 spiro atoms. The van der Waals surface area contributed by atoms with Crippen molar-refractivity contribution < 1.29 is 4.74 Å². The molecule has 0 unspecified atom stereocenters. The Balaban J connectivity index is 1.68. The number of aryl methyl sites for hydroxylation is 2. The van der Waals surface area contributed by atoms with Gasteiger partial charge in [-0.25, -0.2) is 15.0 Å². The van der Waals surface area contributed by atoms with E-state index in [2.05, 4.69) is 60.3 Å². The fourth-order valence-corrected chi connectivity index (χ4v) is 3.78. The Morgan fingerprint density at radius 2 is 1.91 bits per heavy atom. The second kappa shape index (κ2) is 9.75. The molecule has 8 nitrogen and oxygen atoms in total. The lowest BCUT2D eigenvalue weighted by Gasteiger charge is -2.20. The molecule has 0 aliphatic heterocycles. The van der Waals surface area contributed by atoms with Crippen LogP contribution in [0.2, 0.25) is 0 Å². The first-order valence-electron chi connectivity index (χ1n) is 11.8. The lowest BCUT2D eigenvalue weighted by atomic mass is 9.97. The van der Waals surface area contributed by atoms with Crippen LogP contribution in [-0.4, -0.2) is 42.9 Å². The molecular formula is C26H33N7O. The summed E-state index contributed by atoms with van der Waals surface area (Å²) in [4.78, 5) is 14.3. The van der Waals surface area contributed by atoms with Crippen LogP contribution in [0.25, 0.3) is 22.3 Å². The summed E-state index contributed by atoms with van der Waals surface area (Å²) < 4.78 is 8.00. The first-order valence-corrected chi connectivity index (χ1v) is 11.8. The van der Waals surface area contributed by atoms with Gasteiger partial charge in [-0.3, -0.25) is 0 Å². The molecule has 3 aromatic heterocycles. The fourth-order valence-electron chi connectivity index (χ4n) is 3.78. The maximum absolute atomic E-state index is 5.99. The van der Waals surface area contributed by atoms with Crippen molar-refractivity contribution >= 4 is 16.7 Å². The highest BCUT2D eigenvalue weighted by atomic mass is 16.5. The number of nitrogens with one attached hydrogen (secondary N) is 1. The monoisotopic (exact) mass is 459 g/mol. The summed E-state index contributed by atoms with van der Waals surface area (Å²) in [6.45, 7) is 14.8. The van der Waals surface area contributed by atoms with Crippen LogP contribution in [0.3, 0.4) is 0 Å². The third kappa shape index (κ3) is 5.32. The standard InChI is InChI=1S/C26H33N7O/c1-7-33-16-29-32-25(33)19-10-9-18(21(12-19)34-8-2)13-22-27-14-20-11-17(3)30-24(23(20)31-22)28-15-26(4,5)6/h9-12,14,16H,7-8,13,15H2,1-6H3,(H,28,30). The van der Waals surface area contributed by atoms with Gasteiger partial charge in [-0.05, 0) is 38.3 Å². The minimum absolute atomic E-state index is 0.129. The molecule has 0 fully saturated rings. The number of aromatic nitrogens is 6. The molecule has 4 rings (SSSR count). The minimum atomic E-state index is 0.129. The molecule has 0 aliphatic carbocycles. The zero-order chi connectivity index (χ0) is 24.3. The molecule has 0 saturated heterocycles. The Morgan fingerprint density at radius 1 is 1.09 bits per heavy atom. The molecule has 34 heavy (non-hydrogen) atoms. The number of benzene rings is 1. The molecule has 0 bridgehead atoms. The summed E-state index contributed by atoms with van der Waals surface area (Å²) in [6, 6.07) is 8.16. The Morgan fingerprint density at radius 3 is 2.65 bits per heavy atom. The van der Waals surface area contributed by atoms with Gasteiger partial charge in [-0.2, -0.15) is 0 Å². The Bertz CT molecular complexity index is 1290. The van der Waals surface area contributed by atoms with Crippen LogP contribution >= 0.6 is 0 Å². The van der Waals surface area contributed by atoms with E-state index in [0.29, 0.717) is 13.0 Å². The summed E-state index contributed by atoms with van der Waals surface area (Å²) in [7, 11) is 0. The molecule has 0 amide bonds. The number of pyridine rings is 1. The number of nitrogens with zero attached hydrogens (tertiary/aromatic N) is 6. The van der Waals surface area contributed by atoms with Crippen molar-refractivity contribution in [2.45, 2.75) is 54.5 Å². The van der Waals surface area contributed by atoms with E-state index >= 15 is 0 Å². The van der Waals surface area contributed by atoms with Crippen LogP contribution < -0.4 is 10.1 Å². The molecule has 0 atom stereocenters. The van der Waals surface area contributed by atoms with Gasteiger partial charge in [-0.15, -0.1) is 10.2 Å². The second-order valence-electron chi connectivity index (χ2n) is 9.62. The zero-order valence-corrected chi connectivity index (χ0v) is 20.9. The summed E-state index contributed by atoms with van der Waals surface area (Å²) in [5.41, 5.74) is 3.90. The maximum atomic E-state index is 5.99. The summed E-state index contributed by atoms with van der Waals surface area (Å²) in [5, 5.41) is 12.8. The lowest BCUT2D eigenvalue weighted by molar-refractivity contribution is 0.337. The Hall–Kier alpha value is -3.55. The molecule has 178 valence electrons. The van der Waals surface area contributed by atoms with Crippen molar-refractivity contribution in [2.24, 2.45) is 5.41 Å². The van der Waals surface area contributed by atoms with E-state index < -0.39 is 0 Å². The molecule has 0 aliphatic rings. The lowest BCUT2D eigenvalue weighted by Crippen LogP contribution is -2.20. The van der Waals surface area contributed by atoms with E-state index in [1.54, 1.807) is 6.33 Å². The highest BCUT2D eigenvalue weighted by Crippen LogP contribution is 2.29. The van der Waals surface area contributed by atoms with Crippen LogP contribution in [0.15, 0.2) is 36.8 Å². The quantitative estimate of drug-likeness (QED) is 0.394. The largest absolute Gasteiger partial charge is 0.494 e. The number of hydrogen-bond donors (Lipinski definition) is 1. The molecule has 0 radical (unpaired) electrons. The van der Waals surface area contributed by atoms with Gasteiger partial charge >= 0.3 is 0 Å². The van der Waals surface area contributed by atoms with Crippen LogP contribution in [0.1, 0.15) is 51.7 Å². The SMILES string of the molecule is CCOc1cc(-c2nncn2CC)ccc1Cc1ncc2cc(C)nc(NCC(C)(C)C)c2n1. The maximum Gasteiger partial charge on any atom is 0.163 e. The predicted molar refractivity (Wildman–Crippen MR) is 135 cm³/mol.